The molecule has 174 valence electrons. The van der Waals surface area contributed by atoms with E-state index in [1.54, 1.807) is 0 Å². The maximum absolute atomic E-state index is 12.6. The van der Waals surface area contributed by atoms with Gasteiger partial charge in [-0.15, -0.1) is 11.3 Å². The Kier molecular flexibility index (Phi) is 8.69. The molecule has 0 atom stereocenters. The summed E-state index contributed by atoms with van der Waals surface area (Å²) in [5.74, 6) is 0.631. The van der Waals surface area contributed by atoms with Crippen molar-refractivity contribution >= 4 is 44.1 Å². The van der Waals surface area contributed by atoms with Gasteiger partial charge in [0.15, 0.2) is 0 Å². The second-order valence-corrected chi connectivity index (χ2v) is 10.1. The minimum Gasteiger partial charge on any atom is -0.494 e. The first-order chi connectivity index (χ1) is 15.8. The molecule has 0 radical (unpaired) electrons. The number of anilines is 1. The van der Waals surface area contributed by atoms with E-state index in [9.17, 15) is 9.59 Å². The molecule has 3 rings (SSSR count). The van der Waals surface area contributed by atoms with E-state index >= 15 is 0 Å². The van der Waals surface area contributed by atoms with Gasteiger partial charge in [0, 0.05) is 21.3 Å². The molecule has 5 nitrogen and oxygen atoms in total. The fourth-order valence-corrected chi connectivity index (χ4v) is 4.80. The fraction of sp³-hybridized carbons (Fsp3) is 0.308. The highest BCUT2D eigenvalue weighted by Crippen LogP contribution is 2.40. The standard InChI is InChI=1S/C26H28BrNO4S/c1-16(2)18-9-13-21(14-10-18)32-15-5-6-22(29)28-25-24(26(30)31-4)23(17(3)33-25)19-7-11-20(27)12-8-19/h7-14,16H,5-6,15H2,1-4H3,(H,28,29). The van der Waals surface area contributed by atoms with Crippen LogP contribution in [0.5, 0.6) is 5.75 Å². The van der Waals surface area contributed by atoms with Crippen LogP contribution < -0.4 is 10.1 Å². The number of ether oxygens (including phenoxy) is 2. The Labute approximate surface area is 207 Å². The highest BCUT2D eigenvalue weighted by atomic mass is 79.9. The first kappa shape index (κ1) is 25.0. The number of thiophene rings is 1. The molecule has 1 N–H and O–H groups in total. The molecule has 0 fully saturated rings. The average Bonchev–Trinajstić information content (AvgIpc) is 3.12. The largest absolute Gasteiger partial charge is 0.494 e. The normalized spacial score (nSPS) is 10.8. The third-order valence-corrected chi connectivity index (χ3v) is 6.77. The van der Waals surface area contributed by atoms with Gasteiger partial charge in [-0.25, -0.2) is 4.79 Å². The summed E-state index contributed by atoms with van der Waals surface area (Å²) in [5.41, 5.74) is 3.32. The molecule has 0 spiro atoms. The second kappa shape index (κ2) is 11.5. The molecular weight excluding hydrogens is 502 g/mol. The van der Waals surface area contributed by atoms with Crippen LogP contribution in [0.15, 0.2) is 53.0 Å². The minimum atomic E-state index is -0.472. The van der Waals surface area contributed by atoms with Gasteiger partial charge in [0.2, 0.25) is 5.91 Å². The number of amides is 1. The molecule has 2 aromatic carbocycles. The Morgan fingerprint density at radius 1 is 1.06 bits per heavy atom. The van der Waals surface area contributed by atoms with Crippen molar-refractivity contribution in [2.24, 2.45) is 0 Å². The van der Waals surface area contributed by atoms with Gasteiger partial charge in [0.05, 0.1) is 13.7 Å². The first-order valence-corrected chi connectivity index (χ1v) is 12.4. The minimum absolute atomic E-state index is 0.164. The van der Waals surface area contributed by atoms with Crippen LogP contribution in [-0.2, 0) is 9.53 Å². The van der Waals surface area contributed by atoms with E-state index in [1.807, 2.05) is 43.3 Å². The summed E-state index contributed by atoms with van der Waals surface area (Å²) in [6, 6.07) is 15.7. The molecule has 0 saturated carbocycles. The number of nitrogens with one attached hydrogen (secondary N) is 1. The summed E-state index contributed by atoms with van der Waals surface area (Å²) in [5, 5.41) is 3.41. The monoisotopic (exact) mass is 529 g/mol. The SMILES string of the molecule is COC(=O)c1c(NC(=O)CCCOc2ccc(C(C)C)cc2)sc(C)c1-c1ccc(Br)cc1. The Hall–Kier alpha value is -2.64. The number of halogens is 1. The van der Waals surface area contributed by atoms with Gasteiger partial charge in [0.1, 0.15) is 16.3 Å². The van der Waals surface area contributed by atoms with E-state index in [0.717, 1.165) is 26.2 Å². The smallest absolute Gasteiger partial charge is 0.341 e. The molecule has 0 aliphatic heterocycles. The summed E-state index contributed by atoms with van der Waals surface area (Å²) >= 11 is 4.81. The Bertz CT molecular complexity index is 1100. The summed E-state index contributed by atoms with van der Waals surface area (Å²) in [6.45, 7) is 6.67. The Morgan fingerprint density at radius 3 is 2.33 bits per heavy atom. The third-order valence-electron chi connectivity index (χ3n) is 5.22. The van der Waals surface area contributed by atoms with Gasteiger partial charge in [0.25, 0.3) is 0 Å². The van der Waals surface area contributed by atoms with E-state index < -0.39 is 5.97 Å². The van der Waals surface area contributed by atoms with E-state index in [0.29, 0.717) is 29.5 Å². The first-order valence-electron chi connectivity index (χ1n) is 10.8. The average molecular weight is 530 g/mol. The number of carbonyl (C=O) groups excluding carboxylic acids is 2. The van der Waals surface area contributed by atoms with Crippen molar-refractivity contribution < 1.29 is 19.1 Å². The highest BCUT2D eigenvalue weighted by Gasteiger charge is 2.25. The molecule has 7 heteroatoms. The van der Waals surface area contributed by atoms with Crippen LogP contribution in [0, 0.1) is 6.92 Å². The lowest BCUT2D eigenvalue weighted by Gasteiger charge is -2.10. The molecular formula is C26H28BrNO4S. The van der Waals surface area contributed by atoms with E-state index in [2.05, 4.69) is 47.2 Å². The maximum Gasteiger partial charge on any atom is 0.341 e. The number of methoxy groups -OCH3 is 1. The molecule has 0 aliphatic carbocycles. The van der Waals surface area contributed by atoms with Gasteiger partial charge in [-0.1, -0.05) is 54.0 Å². The van der Waals surface area contributed by atoms with Crippen molar-refractivity contribution in [3.05, 3.63) is 69.0 Å². The van der Waals surface area contributed by atoms with Crippen LogP contribution in [0.3, 0.4) is 0 Å². The Balaban J connectivity index is 1.63. The van der Waals surface area contributed by atoms with Crippen LogP contribution in [0.1, 0.15) is 53.4 Å². The molecule has 0 unspecified atom stereocenters. The van der Waals surface area contributed by atoms with Crippen molar-refractivity contribution in [2.45, 2.75) is 39.5 Å². The summed E-state index contributed by atoms with van der Waals surface area (Å²) in [4.78, 5) is 26.1. The molecule has 3 aromatic rings. The van der Waals surface area contributed by atoms with Gasteiger partial charge in [-0.05, 0) is 54.7 Å². The second-order valence-electron chi connectivity index (χ2n) is 7.96. The molecule has 1 aromatic heterocycles. The number of hydrogen-bond donors (Lipinski definition) is 1. The van der Waals surface area contributed by atoms with Crippen LogP contribution in [-0.4, -0.2) is 25.6 Å². The number of esters is 1. The van der Waals surface area contributed by atoms with E-state index in [-0.39, 0.29) is 12.3 Å². The maximum atomic E-state index is 12.6. The number of aryl methyl sites for hydroxylation is 1. The number of hydrogen-bond acceptors (Lipinski definition) is 5. The zero-order chi connectivity index (χ0) is 24.0. The number of carbonyl (C=O) groups is 2. The predicted molar refractivity (Wildman–Crippen MR) is 137 cm³/mol. The zero-order valence-electron chi connectivity index (χ0n) is 19.2. The van der Waals surface area contributed by atoms with Crippen molar-refractivity contribution in [3.63, 3.8) is 0 Å². The number of rotatable bonds is 9. The summed E-state index contributed by atoms with van der Waals surface area (Å²) in [7, 11) is 1.34. The molecule has 1 heterocycles. The predicted octanol–water partition coefficient (Wildman–Crippen LogP) is 7.19. The van der Waals surface area contributed by atoms with E-state index in [4.69, 9.17) is 9.47 Å². The number of benzene rings is 2. The van der Waals surface area contributed by atoms with Crippen molar-refractivity contribution in [2.75, 3.05) is 19.0 Å². The summed E-state index contributed by atoms with van der Waals surface area (Å²) in [6.07, 6.45) is 0.852. The topological polar surface area (TPSA) is 64.6 Å². The fourth-order valence-electron chi connectivity index (χ4n) is 3.45. The molecule has 1 amide bonds. The van der Waals surface area contributed by atoms with Gasteiger partial charge in [-0.3, -0.25) is 4.79 Å². The third kappa shape index (κ3) is 6.45. The zero-order valence-corrected chi connectivity index (χ0v) is 21.6. The summed E-state index contributed by atoms with van der Waals surface area (Å²) < 4.78 is 11.7. The van der Waals surface area contributed by atoms with Crippen LogP contribution in [0.2, 0.25) is 0 Å². The van der Waals surface area contributed by atoms with Crippen molar-refractivity contribution in [1.29, 1.82) is 0 Å². The molecule has 33 heavy (non-hydrogen) atoms. The quantitative estimate of drug-likeness (QED) is 0.235. The molecule has 0 saturated heterocycles. The Morgan fingerprint density at radius 2 is 1.73 bits per heavy atom. The van der Waals surface area contributed by atoms with E-state index in [1.165, 1.54) is 24.0 Å². The van der Waals surface area contributed by atoms with Crippen molar-refractivity contribution in [1.82, 2.24) is 0 Å². The highest BCUT2D eigenvalue weighted by molar-refractivity contribution is 9.10. The lowest BCUT2D eigenvalue weighted by atomic mass is 10.0. The van der Waals surface area contributed by atoms with Gasteiger partial charge < -0.3 is 14.8 Å². The van der Waals surface area contributed by atoms with Gasteiger partial charge in [-0.2, -0.15) is 0 Å². The van der Waals surface area contributed by atoms with Crippen LogP contribution in [0.25, 0.3) is 11.1 Å². The lowest BCUT2D eigenvalue weighted by Crippen LogP contribution is -2.15. The lowest BCUT2D eigenvalue weighted by molar-refractivity contribution is -0.116. The van der Waals surface area contributed by atoms with Crippen LogP contribution in [0.4, 0.5) is 5.00 Å². The molecule has 0 bridgehead atoms. The molecule has 0 aliphatic rings. The van der Waals surface area contributed by atoms with Crippen molar-refractivity contribution in [3.8, 4) is 16.9 Å². The van der Waals surface area contributed by atoms with Gasteiger partial charge >= 0.3 is 5.97 Å². The van der Waals surface area contributed by atoms with Crippen LogP contribution >= 0.6 is 27.3 Å².